The number of hydrogen-bond donors (Lipinski definition) is 4. The van der Waals surface area contributed by atoms with Crippen molar-refractivity contribution in [3.8, 4) is 5.75 Å². The number of rotatable bonds is 6. The van der Waals surface area contributed by atoms with E-state index in [0.717, 1.165) is 22.0 Å². The number of phenols is 1. The number of aromatic nitrogens is 1. The number of carbonyl (C=O) groups excluding carboxylic acids is 1. The van der Waals surface area contributed by atoms with Gasteiger partial charge in [0, 0.05) is 34.8 Å². The molecule has 0 aliphatic rings. The largest absolute Gasteiger partial charge is 0.506 e. The van der Waals surface area contributed by atoms with Gasteiger partial charge in [-0.3, -0.25) is 4.79 Å². The summed E-state index contributed by atoms with van der Waals surface area (Å²) >= 11 is 12.3. The number of hydrogen-bond acceptors (Lipinski definition) is 5. The van der Waals surface area contributed by atoms with E-state index in [4.69, 9.17) is 28.9 Å². The molecule has 0 saturated heterocycles. The summed E-state index contributed by atoms with van der Waals surface area (Å²) in [6, 6.07) is 15.3. The van der Waals surface area contributed by atoms with Crippen LogP contribution in [0.25, 0.3) is 10.9 Å². The number of fused-ring (bicyclic) bond motifs is 1. The van der Waals surface area contributed by atoms with Crippen molar-refractivity contribution in [1.82, 2.24) is 9.99 Å². The van der Waals surface area contributed by atoms with E-state index < -0.39 is 5.91 Å². The number of nitrogen functional groups attached to an aromatic ring is 1. The van der Waals surface area contributed by atoms with Crippen LogP contribution < -0.4 is 11.2 Å². The molecule has 1 heterocycles. The summed E-state index contributed by atoms with van der Waals surface area (Å²) in [4.78, 5) is 12.3. The first-order valence-electron chi connectivity index (χ1n) is 9.94. The second-order valence-corrected chi connectivity index (χ2v) is 8.20. The number of aromatic hydroxyl groups is 1. The Morgan fingerprint density at radius 3 is 2.58 bits per heavy atom. The number of aliphatic hydroxyl groups is 1. The van der Waals surface area contributed by atoms with Crippen LogP contribution in [-0.4, -0.2) is 26.9 Å². The number of nitrogens with two attached hydrogens (primary N) is 1. The van der Waals surface area contributed by atoms with Crippen LogP contribution in [0.3, 0.4) is 0 Å². The average molecular weight is 483 g/mol. The molecule has 1 aromatic heterocycles. The highest BCUT2D eigenvalue weighted by atomic mass is 35.5. The van der Waals surface area contributed by atoms with Gasteiger partial charge in [-0.1, -0.05) is 35.3 Å². The third kappa shape index (κ3) is 4.80. The van der Waals surface area contributed by atoms with Gasteiger partial charge in [0.25, 0.3) is 5.91 Å². The second-order valence-electron chi connectivity index (χ2n) is 7.39. The summed E-state index contributed by atoms with van der Waals surface area (Å²) in [5.74, 6) is -0.530. The maximum Gasteiger partial charge on any atom is 0.271 e. The van der Waals surface area contributed by atoms with Crippen molar-refractivity contribution in [2.45, 2.75) is 13.2 Å². The summed E-state index contributed by atoms with van der Waals surface area (Å²) in [7, 11) is 0. The van der Waals surface area contributed by atoms with Gasteiger partial charge in [0.2, 0.25) is 0 Å². The van der Waals surface area contributed by atoms with Crippen molar-refractivity contribution in [3.05, 3.63) is 93.1 Å². The minimum absolute atomic E-state index is 0.0850. The quantitative estimate of drug-likeness (QED) is 0.140. The Balaban J connectivity index is 1.56. The Kier molecular flexibility index (Phi) is 6.55. The van der Waals surface area contributed by atoms with Crippen molar-refractivity contribution in [1.29, 1.82) is 0 Å². The Bertz CT molecular complexity index is 1380. The number of carbonyl (C=O) groups is 1. The number of phenolic OH excluding ortho intramolecular Hbond substituents is 1. The molecule has 9 heteroatoms. The lowest BCUT2D eigenvalue weighted by atomic mass is 10.1. The van der Waals surface area contributed by atoms with Gasteiger partial charge in [0.15, 0.2) is 0 Å². The Labute approximate surface area is 199 Å². The number of hydrazone groups is 1. The third-order valence-corrected chi connectivity index (χ3v) is 5.98. The number of nitrogens with zero attached hydrogens (tertiary/aromatic N) is 2. The molecule has 0 atom stereocenters. The molecule has 0 saturated carbocycles. The van der Waals surface area contributed by atoms with Gasteiger partial charge < -0.3 is 20.5 Å². The van der Waals surface area contributed by atoms with E-state index >= 15 is 0 Å². The smallest absolute Gasteiger partial charge is 0.271 e. The van der Waals surface area contributed by atoms with Crippen molar-refractivity contribution in [3.63, 3.8) is 0 Å². The van der Waals surface area contributed by atoms with Gasteiger partial charge in [-0.2, -0.15) is 5.10 Å². The van der Waals surface area contributed by atoms with E-state index in [0.29, 0.717) is 22.2 Å². The molecule has 0 aliphatic carbocycles. The van der Waals surface area contributed by atoms with Crippen LogP contribution in [0.2, 0.25) is 10.0 Å². The molecule has 33 heavy (non-hydrogen) atoms. The lowest BCUT2D eigenvalue weighted by molar-refractivity contribution is 0.0955. The fraction of sp³-hybridized carbons (Fsp3) is 0.0833. The van der Waals surface area contributed by atoms with Crippen LogP contribution in [0.1, 0.15) is 27.0 Å². The standard InChI is InChI=1S/C24H20Cl2N4O3/c25-19-8-16(17(13-31)9-20(19)26)12-30-7-6-18-15(2-1-3-22(18)30)11-28-29-24(33)14-4-5-23(32)21(27)10-14/h1-11,31-32H,12-13,27H2,(H,29,33)/b28-11+. The molecule has 4 aromatic rings. The second kappa shape index (κ2) is 9.54. The Morgan fingerprint density at radius 1 is 1.09 bits per heavy atom. The highest BCUT2D eigenvalue weighted by Gasteiger charge is 2.11. The van der Waals surface area contributed by atoms with Gasteiger partial charge >= 0.3 is 0 Å². The monoisotopic (exact) mass is 482 g/mol. The topological polar surface area (TPSA) is 113 Å². The fourth-order valence-electron chi connectivity index (χ4n) is 3.53. The lowest BCUT2D eigenvalue weighted by Crippen LogP contribution is -2.17. The molecule has 168 valence electrons. The number of benzene rings is 3. The molecular formula is C24H20Cl2N4O3. The molecule has 7 nitrogen and oxygen atoms in total. The zero-order chi connectivity index (χ0) is 23.5. The van der Waals surface area contributed by atoms with Crippen molar-refractivity contribution in [2.24, 2.45) is 5.10 Å². The van der Waals surface area contributed by atoms with Crippen LogP contribution in [0.15, 0.2) is 65.9 Å². The van der Waals surface area contributed by atoms with Gasteiger partial charge in [-0.25, -0.2) is 5.43 Å². The SMILES string of the molecule is Nc1cc(C(=O)N/N=C/c2cccc3c2ccn3Cc2cc(Cl)c(Cl)cc2CO)ccc1O. The predicted octanol–water partition coefficient (Wildman–Crippen LogP) is 4.54. The molecule has 0 bridgehead atoms. The van der Waals surface area contributed by atoms with Crippen molar-refractivity contribution >= 4 is 51.9 Å². The first-order chi connectivity index (χ1) is 15.9. The third-order valence-electron chi connectivity index (χ3n) is 5.26. The number of aliphatic hydroxyl groups excluding tert-OH is 1. The van der Waals surface area contributed by atoms with Gasteiger partial charge in [-0.15, -0.1) is 0 Å². The number of nitrogens with one attached hydrogen (secondary N) is 1. The zero-order valence-corrected chi connectivity index (χ0v) is 18.8. The molecule has 4 rings (SSSR count). The van der Waals surface area contributed by atoms with Gasteiger partial charge in [0.1, 0.15) is 5.75 Å². The zero-order valence-electron chi connectivity index (χ0n) is 17.3. The fourth-order valence-corrected chi connectivity index (χ4v) is 3.90. The first-order valence-corrected chi connectivity index (χ1v) is 10.7. The summed E-state index contributed by atoms with van der Waals surface area (Å²) in [6.07, 6.45) is 3.50. The minimum atomic E-state index is -0.446. The number of anilines is 1. The maximum absolute atomic E-state index is 12.3. The van der Waals surface area contributed by atoms with Gasteiger partial charge in [-0.05, 0) is 53.6 Å². The Hall–Kier alpha value is -3.52. The summed E-state index contributed by atoms with van der Waals surface area (Å²) in [6.45, 7) is 0.353. The summed E-state index contributed by atoms with van der Waals surface area (Å²) in [5, 5.41) is 25.0. The van der Waals surface area contributed by atoms with Crippen LogP contribution in [-0.2, 0) is 13.2 Å². The minimum Gasteiger partial charge on any atom is -0.506 e. The van der Waals surface area contributed by atoms with E-state index in [9.17, 15) is 15.0 Å². The molecule has 0 fully saturated rings. The van der Waals surface area contributed by atoms with Crippen molar-refractivity contribution < 1.29 is 15.0 Å². The normalized spacial score (nSPS) is 11.4. The van der Waals surface area contributed by atoms with Gasteiger partial charge in [0.05, 0.1) is 28.6 Å². The van der Waals surface area contributed by atoms with E-state index in [2.05, 4.69) is 10.5 Å². The summed E-state index contributed by atoms with van der Waals surface area (Å²) in [5.41, 5.74) is 11.8. The molecule has 0 unspecified atom stereocenters. The van der Waals surface area contributed by atoms with Crippen LogP contribution in [0.5, 0.6) is 5.75 Å². The Morgan fingerprint density at radius 2 is 1.85 bits per heavy atom. The average Bonchev–Trinajstić information content (AvgIpc) is 3.21. The highest BCUT2D eigenvalue weighted by Crippen LogP contribution is 2.28. The molecule has 1 amide bonds. The van der Waals surface area contributed by atoms with E-state index in [1.807, 2.05) is 35.0 Å². The van der Waals surface area contributed by atoms with Crippen LogP contribution >= 0.6 is 23.2 Å². The molecule has 3 aromatic carbocycles. The van der Waals surface area contributed by atoms with E-state index in [1.54, 1.807) is 18.3 Å². The number of amides is 1. The maximum atomic E-state index is 12.3. The molecule has 0 radical (unpaired) electrons. The highest BCUT2D eigenvalue weighted by molar-refractivity contribution is 6.42. The van der Waals surface area contributed by atoms with Crippen LogP contribution in [0, 0.1) is 0 Å². The first kappa shape index (κ1) is 22.7. The molecular weight excluding hydrogens is 463 g/mol. The predicted molar refractivity (Wildman–Crippen MR) is 131 cm³/mol. The van der Waals surface area contributed by atoms with Crippen molar-refractivity contribution in [2.75, 3.05) is 5.73 Å². The lowest BCUT2D eigenvalue weighted by Gasteiger charge is -2.12. The molecule has 0 spiro atoms. The molecule has 0 aliphatic heterocycles. The molecule has 5 N–H and O–H groups in total. The van der Waals surface area contributed by atoms with E-state index in [-0.39, 0.29) is 23.6 Å². The summed E-state index contributed by atoms with van der Waals surface area (Å²) < 4.78 is 2.03. The van der Waals surface area contributed by atoms with E-state index in [1.165, 1.54) is 18.2 Å². The van der Waals surface area contributed by atoms with Crippen LogP contribution in [0.4, 0.5) is 5.69 Å². The number of halogens is 2.